The highest BCUT2D eigenvalue weighted by molar-refractivity contribution is 6.30. The van der Waals surface area contributed by atoms with Gasteiger partial charge in [0, 0.05) is 0 Å². The fourth-order valence-electron chi connectivity index (χ4n) is 1.60. The van der Waals surface area contributed by atoms with Crippen LogP contribution in [-0.4, -0.2) is 0 Å². The molecule has 88 valence electrons. The normalized spacial score (nSPS) is 12.5. The zero-order valence-corrected chi connectivity index (χ0v) is 9.59. The molecule has 0 bridgehead atoms. The van der Waals surface area contributed by atoms with Gasteiger partial charge in [0.1, 0.15) is 11.6 Å². The third-order valence-electron chi connectivity index (χ3n) is 2.51. The van der Waals surface area contributed by atoms with Crippen molar-refractivity contribution in [1.29, 1.82) is 0 Å². The van der Waals surface area contributed by atoms with E-state index >= 15 is 0 Å². The highest BCUT2D eigenvalue weighted by Crippen LogP contribution is 2.24. The lowest BCUT2D eigenvalue weighted by Crippen LogP contribution is -2.12. The molecule has 0 fully saturated rings. The number of rotatable bonds is 2. The fourth-order valence-corrected chi connectivity index (χ4v) is 1.79. The Hall–Kier alpha value is -1.45. The molecule has 0 saturated heterocycles. The van der Waals surface area contributed by atoms with E-state index in [1.54, 1.807) is 12.1 Å². The summed E-state index contributed by atoms with van der Waals surface area (Å²) in [7, 11) is 0. The van der Waals surface area contributed by atoms with E-state index in [0.29, 0.717) is 11.1 Å². The zero-order chi connectivity index (χ0) is 12.4. The molecular formula is C13H10ClF2N. The first-order valence-corrected chi connectivity index (χ1v) is 5.41. The average molecular weight is 254 g/mol. The molecule has 0 aromatic heterocycles. The van der Waals surface area contributed by atoms with E-state index in [1.165, 1.54) is 30.3 Å². The van der Waals surface area contributed by atoms with E-state index < -0.39 is 11.9 Å². The van der Waals surface area contributed by atoms with E-state index in [4.69, 9.17) is 17.3 Å². The van der Waals surface area contributed by atoms with Gasteiger partial charge in [-0.15, -0.1) is 0 Å². The minimum Gasteiger partial charge on any atom is -0.320 e. The van der Waals surface area contributed by atoms with Crippen molar-refractivity contribution in [2.24, 2.45) is 5.73 Å². The molecule has 0 aliphatic heterocycles. The van der Waals surface area contributed by atoms with Crippen LogP contribution in [0, 0.1) is 11.6 Å². The summed E-state index contributed by atoms with van der Waals surface area (Å²) in [5.74, 6) is -0.854. The maximum absolute atomic E-state index is 13.0. The van der Waals surface area contributed by atoms with Crippen molar-refractivity contribution in [3.8, 4) is 0 Å². The van der Waals surface area contributed by atoms with Crippen molar-refractivity contribution in [2.45, 2.75) is 6.04 Å². The largest absolute Gasteiger partial charge is 0.320 e. The molecule has 0 aliphatic carbocycles. The van der Waals surface area contributed by atoms with E-state index in [9.17, 15) is 8.78 Å². The maximum Gasteiger partial charge on any atom is 0.141 e. The van der Waals surface area contributed by atoms with Gasteiger partial charge < -0.3 is 5.73 Å². The summed E-state index contributed by atoms with van der Waals surface area (Å²) in [6.07, 6.45) is 0. The van der Waals surface area contributed by atoms with E-state index in [0.717, 1.165) is 0 Å². The van der Waals surface area contributed by atoms with Gasteiger partial charge in [0.05, 0.1) is 11.1 Å². The molecule has 4 heteroatoms. The molecule has 1 nitrogen and oxygen atoms in total. The Morgan fingerprint density at radius 3 is 2.35 bits per heavy atom. The Kier molecular flexibility index (Phi) is 3.41. The van der Waals surface area contributed by atoms with Crippen LogP contribution < -0.4 is 5.73 Å². The van der Waals surface area contributed by atoms with Gasteiger partial charge in [-0.3, -0.25) is 0 Å². The van der Waals surface area contributed by atoms with Crippen molar-refractivity contribution in [3.63, 3.8) is 0 Å². The summed E-state index contributed by atoms with van der Waals surface area (Å²) in [5.41, 5.74) is 7.22. The molecule has 2 aromatic carbocycles. The summed E-state index contributed by atoms with van der Waals surface area (Å²) < 4.78 is 26.0. The third-order valence-corrected chi connectivity index (χ3v) is 2.80. The number of benzene rings is 2. The lowest BCUT2D eigenvalue weighted by atomic mass is 9.99. The summed E-state index contributed by atoms with van der Waals surface area (Å²) in [6.45, 7) is 0. The predicted molar refractivity (Wildman–Crippen MR) is 63.8 cm³/mol. The lowest BCUT2D eigenvalue weighted by molar-refractivity contribution is 0.621. The molecule has 0 radical (unpaired) electrons. The number of nitrogens with two attached hydrogens (primary N) is 1. The first-order chi connectivity index (χ1) is 8.08. The first-order valence-electron chi connectivity index (χ1n) is 5.04. The van der Waals surface area contributed by atoms with Gasteiger partial charge in [0.25, 0.3) is 0 Å². The van der Waals surface area contributed by atoms with Gasteiger partial charge in [-0.1, -0.05) is 29.8 Å². The van der Waals surface area contributed by atoms with Crippen LogP contribution in [0.2, 0.25) is 5.02 Å². The summed E-state index contributed by atoms with van der Waals surface area (Å²) >= 11 is 5.67. The second kappa shape index (κ2) is 4.82. The fraction of sp³-hybridized carbons (Fsp3) is 0.0769. The molecule has 0 amide bonds. The van der Waals surface area contributed by atoms with E-state index in [-0.39, 0.29) is 10.8 Å². The van der Waals surface area contributed by atoms with Crippen LogP contribution in [-0.2, 0) is 0 Å². The highest BCUT2D eigenvalue weighted by Gasteiger charge is 2.11. The first kappa shape index (κ1) is 12.0. The van der Waals surface area contributed by atoms with Crippen LogP contribution in [0.5, 0.6) is 0 Å². The van der Waals surface area contributed by atoms with Crippen LogP contribution in [0.15, 0.2) is 42.5 Å². The van der Waals surface area contributed by atoms with E-state index in [1.807, 2.05) is 0 Å². The van der Waals surface area contributed by atoms with Gasteiger partial charge >= 0.3 is 0 Å². The summed E-state index contributed by atoms with van der Waals surface area (Å²) in [5, 5.41) is 0.00866. The minimum absolute atomic E-state index is 0.00866. The lowest BCUT2D eigenvalue weighted by Gasteiger charge is -2.13. The smallest absolute Gasteiger partial charge is 0.141 e. The molecule has 1 unspecified atom stereocenters. The zero-order valence-electron chi connectivity index (χ0n) is 8.83. The quantitative estimate of drug-likeness (QED) is 0.868. The third kappa shape index (κ3) is 2.62. The Morgan fingerprint density at radius 1 is 1.00 bits per heavy atom. The highest BCUT2D eigenvalue weighted by atomic mass is 35.5. The second-order valence-electron chi connectivity index (χ2n) is 3.71. The van der Waals surface area contributed by atoms with Crippen LogP contribution in [0.4, 0.5) is 8.78 Å². The molecule has 0 spiro atoms. The standard InChI is InChI=1S/C13H10ClF2N/c14-11-7-9(4-5-12(11)16)13(17)8-2-1-3-10(15)6-8/h1-7,13H,17H2. The van der Waals surface area contributed by atoms with Crippen molar-refractivity contribution < 1.29 is 8.78 Å². The van der Waals surface area contributed by atoms with Gasteiger partial charge in [0.15, 0.2) is 0 Å². The SMILES string of the molecule is NC(c1cccc(F)c1)c1ccc(F)c(Cl)c1. The summed E-state index contributed by atoms with van der Waals surface area (Å²) in [6, 6.07) is 9.69. The van der Waals surface area contributed by atoms with Gasteiger partial charge in [-0.2, -0.15) is 0 Å². The number of halogens is 3. The molecule has 2 N–H and O–H groups in total. The molecule has 2 rings (SSSR count). The van der Waals surface area contributed by atoms with Crippen LogP contribution in [0.3, 0.4) is 0 Å². The number of hydrogen-bond acceptors (Lipinski definition) is 1. The second-order valence-corrected chi connectivity index (χ2v) is 4.11. The van der Waals surface area contributed by atoms with E-state index in [2.05, 4.69) is 0 Å². The van der Waals surface area contributed by atoms with Crippen molar-refractivity contribution in [2.75, 3.05) is 0 Å². The Bertz CT molecular complexity index is 543. The molecule has 17 heavy (non-hydrogen) atoms. The predicted octanol–water partition coefficient (Wildman–Crippen LogP) is 3.67. The van der Waals surface area contributed by atoms with Crippen molar-refractivity contribution >= 4 is 11.6 Å². The van der Waals surface area contributed by atoms with Gasteiger partial charge in [-0.25, -0.2) is 8.78 Å². The Morgan fingerprint density at radius 2 is 1.71 bits per heavy atom. The summed E-state index contributed by atoms with van der Waals surface area (Å²) in [4.78, 5) is 0. The molecular weight excluding hydrogens is 244 g/mol. The Balaban J connectivity index is 2.36. The van der Waals surface area contributed by atoms with Crippen LogP contribution in [0.25, 0.3) is 0 Å². The Labute approximate surface area is 103 Å². The molecule has 1 atom stereocenters. The average Bonchev–Trinajstić information content (AvgIpc) is 2.32. The molecule has 0 saturated carbocycles. The van der Waals surface area contributed by atoms with Crippen molar-refractivity contribution in [1.82, 2.24) is 0 Å². The van der Waals surface area contributed by atoms with Crippen molar-refractivity contribution in [3.05, 3.63) is 70.2 Å². The minimum atomic E-state index is -0.524. The number of hydrogen-bond donors (Lipinski definition) is 1. The molecule has 0 heterocycles. The van der Waals surface area contributed by atoms with Gasteiger partial charge in [-0.05, 0) is 35.4 Å². The topological polar surface area (TPSA) is 26.0 Å². The maximum atomic E-state index is 13.0. The monoisotopic (exact) mass is 253 g/mol. The van der Waals surface area contributed by atoms with Crippen LogP contribution in [0.1, 0.15) is 17.2 Å². The molecule has 2 aromatic rings. The molecule has 0 aliphatic rings. The van der Waals surface area contributed by atoms with Gasteiger partial charge in [0.2, 0.25) is 0 Å². The van der Waals surface area contributed by atoms with Crippen LogP contribution >= 0.6 is 11.6 Å².